The van der Waals surface area contributed by atoms with Gasteiger partial charge < -0.3 is 16.0 Å². The molecule has 3 N–H and O–H groups in total. The molecule has 4 nitrogen and oxygen atoms in total. The van der Waals surface area contributed by atoms with Crippen LogP contribution in [0, 0.1) is 0 Å². The first-order valence-electron chi connectivity index (χ1n) is 8.47. The maximum absolute atomic E-state index is 11.9. The third-order valence-corrected chi connectivity index (χ3v) is 4.11. The molecule has 0 atom stereocenters. The smallest absolute Gasteiger partial charge is 0.323 e. The van der Waals surface area contributed by atoms with Gasteiger partial charge in [0.15, 0.2) is 0 Å². The van der Waals surface area contributed by atoms with Crippen molar-refractivity contribution < 1.29 is 4.79 Å². The van der Waals surface area contributed by atoms with Crippen LogP contribution in [0.3, 0.4) is 0 Å². The van der Waals surface area contributed by atoms with Crippen molar-refractivity contribution in [3.8, 4) is 0 Å². The molecule has 2 aromatic carbocycles. The maximum atomic E-state index is 11.9. The first-order chi connectivity index (χ1) is 11.8. The van der Waals surface area contributed by atoms with Gasteiger partial charge >= 0.3 is 6.03 Å². The monoisotopic (exact) mass is 321 g/mol. The van der Waals surface area contributed by atoms with E-state index in [0.29, 0.717) is 0 Å². The summed E-state index contributed by atoms with van der Waals surface area (Å²) in [7, 11) is 0. The van der Waals surface area contributed by atoms with Crippen LogP contribution in [0.5, 0.6) is 0 Å². The van der Waals surface area contributed by atoms with Gasteiger partial charge in [0.25, 0.3) is 0 Å². The Labute approximate surface area is 143 Å². The number of benzene rings is 2. The van der Waals surface area contributed by atoms with Crippen molar-refractivity contribution >= 4 is 23.1 Å². The van der Waals surface area contributed by atoms with Gasteiger partial charge in [-0.3, -0.25) is 0 Å². The van der Waals surface area contributed by atoms with Gasteiger partial charge in [0, 0.05) is 23.3 Å². The fourth-order valence-electron chi connectivity index (χ4n) is 2.81. The molecule has 1 fully saturated rings. The Hall–Kier alpha value is -2.75. The quantitative estimate of drug-likeness (QED) is 0.706. The summed E-state index contributed by atoms with van der Waals surface area (Å²) in [4.78, 5) is 11.9. The maximum Gasteiger partial charge on any atom is 0.323 e. The fraction of sp³-hybridized carbons (Fsp3) is 0.250. The lowest BCUT2D eigenvalue weighted by molar-refractivity contribution is 0.255. The molecule has 0 heterocycles. The molecule has 1 aliphatic carbocycles. The minimum absolute atomic E-state index is 0.197. The molecule has 0 spiro atoms. The van der Waals surface area contributed by atoms with E-state index in [4.69, 9.17) is 0 Å². The van der Waals surface area contributed by atoms with E-state index in [1.54, 1.807) is 0 Å². The van der Waals surface area contributed by atoms with Gasteiger partial charge in [0.05, 0.1) is 0 Å². The number of hydrogen-bond acceptors (Lipinski definition) is 2. The van der Waals surface area contributed by atoms with Crippen molar-refractivity contribution in [2.24, 2.45) is 0 Å². The molecule has 0 radical (unpaired) electrons. The lowest BCUT2D eigenvalue weighted by atomic mass is 9.96. The second kappa shape index (κ2) is 8.20. The predicted octanol–water partition coefficient (Wildman–Crippen LogP) is 5.40. The highest BCUT2D eigenvalue weighted by molar-refractivity contribution is 5.90. The number of rotatable bonds is 4. The molecule has 24 heavy (non-hydrogen) atoms. The topological polar surface area (TPSA) is 53.2 Å². The van der Waals surface area contributed by atoms with Gasteiger partial charge in [-0.05, 0) is 62.1 Å². The average molecular weight is 321 g/mol. The highest BCUT2D eigenvalue weighted by Gasteiger charge is 2.06. The fourth-order valence-corrected chi connectivity index (χ4v) is 2.81. The summed E-state index contributed by atoms with van der Waals surface area (Å²) in [6, 6.07) is 17.5. The van der Waals surface area contributed by atoms with Gasteiger partial charge in [-0.15, -0.1) is 0 Å². The molecule has 3 rings (SSSR count). The van der Waals surface area contributed by atoms with E-state index in [1.165, 1.54) is 24.8 Å². The van der Waals surface area contributed by atoms with E-state index in [9.17, 15) is 4.79 Å². The highest BCUT2D eigenvalue weighted by atomic mass is 16.2. The number of para-hydroxylation sites is 1. The minimum Gasteiger partial charge on any atom is -0.356 e. The highest BCUT2D eigenvalue weighted by Crippen LogP contribution is 2.22. The molecule has 4 heteroatoms. The van der Waals surface area contributed by atoms with E-state index in [2.05, 4.69) is 16.0 Å². The molecular formula is C20H23N3O. The molecule has 2 amide bonds. The lowest BCUT2D eigenvalue weighted by Crippen LogP contribution is -2.24. The van der Waals surface area contributed by atoms with Gasteiger partial charge in [0.2, 0.25) is 0 Å². The van der Waals surface area contributed by atoms with Gasteiger partial charge in [-0.1, -0.05) is 30.2 Å². The molecule has 0 saturated heterocycles. The molecule has 124 valence electrons. The van der Waals surface area contributed by atoms with E-state index in [-0.39, 0.29) is 6.03 Å². The van der Waals surface area contributed by atoms with Crippen LogP contribution < -0.4 is 16.0 Å². The zero-order chi connectivity index (χ0) is 16.6. The number of amides is 2. The predicted molar refractivity (Wildman–Crippen MR) is 99.5 cm³/mol. The van der Waals surface area contributed by atoms with Crippen molar-refractivity contribution in [1.82, 2.24) is 5.32 Å². The number of carbonyl (C=O) groups excluding carboxylic acids is 1. The Morgan fingerprint density at radius 2 is 1.42 bits per heavy atom. The molecule has 0 bridgehead atoms. The van der Waals surface area contributed by atoms with Crippen LogP contribution in [0.25, 0.3) is 0 Å². The summed E-state index contributed by atoms with van der Waals surface area (Å²) >= 11 is 0. The molecular weight excluding hydrogens is 298 g/mol. The molecule has 1 saturated carbocycles. The van der Waals surface area contributed by atoms with Crippen LogP contribution in [0.4, 0.5) is 21.9 Å². The lowest BCUT2D eigenvalue weighted by Gasteiger charge is -2.13. The van der Waals surface area contributed by atoms with E-state index < -0.39 is 0 Å². The van der Waals surface area contributed by atoms with Crippen LogP contribution >= 0.6 is 0 Å². The summed E-state index contributed by atoms with van der Waals surface area (Å²) in [6.07, 6.45) is 7.81. The Balaban J connectivity index is 1.51. The number of urea groups is 1. The Morgan fingerprint density at radius 1 is 0.792 bits per heavy atom. The molecule has 0 unspecified atom stereocenters. The second-order valence-corrected chi connectivity index (χ2v) is 6.03. The van der Waals surface area contributed by atoms with Crippen molar-refractivity contribution in [2.75, 3.05) is 10.6 Å². The van der Waals surface area contributed by atoms with E-state index in [0.717, 1.165) is 29.9 Å². The third kappa shape index (κ3) is 4.88. The zero-order valence-corrected chi connectivity index (χ0v) is 13.7. The number of nitrogens with one attached hydrogen (secondary N) is 3. The van der Waals surface area contributed by atoms with E-state index >= 15 is 0 Å². The summed E-state index contributed by atoms with van der Waals surface area (Å²) in [5, 5.41) is 8.99. The largest absolute Gasteiger partial charge is 0.356 e. The number of hydrogen-bond donors (Lipinski definition) is 3. The first kappa shape index (κ1) is 16.1. The summed E-state index contributed by atoms with van der Waals surface area (Å²) in [5.74, 6) is 0. The van der Waals surface area contributed by atoms with E-state index in [1.807, 2.05) is 60.8 Å². The van der Waals surface area contributed by atoms with Crippen LogP contribution in [-0.4, -0.2) is 6.03 Å². The molecule has 0 aliphatic heterocycles. The SMILES string of the molecule is O=C(NC=C1CCCCC1)Nc1ccc(Nc2ccccc2)cc1. The van der Waals surface area contributed by atoms with Crippen molar-refractivity contribution in [3.63, 3.8) is 0 Å². The third-order valence-electron chi connectivity index (χ3n) is 4.11. The normalized spacial score (nSPS) is 13.9. The standard InChI is InChI=1S/C20H23N3O/c24-20(21-15-16-7-3-1-4-8-16)23-19-13-11-18(12-14-19)22-17-9-5-2-6-10-17/h2,5-6,9-15,22H,1,3-4,7-8H2,(H2,21,23,24). The van der Waals surface area contributed by atoms with Gasteiger partial charge in [0.1, 0.15) is 0 Å². The van der Waals surface area contributed by atoms with Gasteiger partial charge in [-0.25, -0.2) is 4.79 Å². The van der Waals surface area contributed by atoms with Crippen molar-refractivity contribution in [2.45, 2.75) is 32.1 Å². The average Bonchev–Trinajstić information content (AvgIpc) is 2.63. The number of carbonyl (C=O) groups is 1. The zero-order valence-electron chi connectivity index (χ0n) is 13.7. The molecule has 0 aromatic heterocycles. The first-order valence-corrected chi connectivity index (χ1v) is 8.47. The molecule has 2 aromatic rings. The summed E-state index contributed by atoms with van der Waals surface area (Å²) in [5.41, 5.74) is 4.12. The second-order valence-electron chi connectivity index (χ2n) is 6.03. The van der Waals surface area contributed by atoms with Crippen LogP contribution in [0.1, 0.15) is 32.1 Å². The summed E-state index contributed by atoms with van der Waals surface area (Å²) in [6.45, 7) is 0. The Morgan fingerprint density at radius 3 is 2.12 bits per heavy atom. The summed E-state index contributed by atoms with van der Waals surface area (Å²) < 4.78 is 0. The minimum atomic E-state index is -0.197. The Bertz CT molecular complexity index is 685. The molecule has 1 aliphatic rings. The van der Waals surface area contributed by atoms with Gasteiger partial charge in [-0.2, -0.15) is 0 Å². The van der Waals surface area contributed by atoms with Crippen molar-refractivity contribution in [1.29, 1.82) is 0 Å². The van der Waals surface area contributed by atoms with Crippen LogP contribution in [-0.2, 0) is 0 Å². The Kier molecular flexibility index (Phi) is 5.51. The number of allylic oxidation sites excluding steroid dienone is 1. The van der Waals surface area contributed by atoms with Crippen molar-refractivity contribution in [3.05, 3.63) is 66.4 Å². The number of anilines is 3. The van der Waals surface area contributed by atoms with Crippen LogP contribution in [0.15, 0.2) is 66.4 Å². The van der Waals surface area contributed by atoms with Crippen LogP contribution in [0.2, 0.25) is 0 Å².